The zero-order valence-electron chi connectivity index (χ0n) is 12.0. The second-order valence-electron chi connectivity index (χ2n) is 6.97. The molecule has 1 aromatic rings. The van der Waals surface area contributed by atoms with Crippen molar-refractivity contribution in [3.05, 3.63) is 35.4 Å². The van der Waals surface area contributed by atoms with Crippen LogP contribution in [0, 0.1) is 11.8 Å². The number of rotatable bonds is 3. The summed E-state index contributed by atoms with van der Waals surface area (Å²) in [6.45, 7) is 3.95. The predicted octanol–water partition coefficient (Wildman–Crippen LogP) is 2.73. The molecule has 0 spiro atoms. The van der Waals surface area contributed by atoms with Crippen molar-refractivity contribution in [1.29, 1.82) is 0 Å². The van der Waals surface area contributed by atoms with Gasteiger partial charge in [-0.1, -0.05) is 24.3 Å². The lowest BCUT2D eigenvalue weighted by Crippen LogP contribution is -2.29. The summed E-state index contributed by atoms with van der Waals surface area (Å²) in [6, 6.07) is 9.78. The maximum absolute atomic E-state index is 2.74. The van der Waals surface area contributed by atoms with Crippen LogP contribution in [0.15, 0.2) is 24.3 Å². The van der Waals surface area contributed by atoms with Crippen molar-refractivity contribution in [1.82, 2.24) is 9.80 Å². The van der Waals surface area contributed by atoms with E-state index in [9.17, 15) is 0 Å². The highest BCUT2D eigenvalue weighted by atomic mass is 15.2. The average molecular weight is 256 g/mol. The Balaban J connectivity index is 1.63. The number of fused-ring (bicyclic) bond motifs is 3. The SMILES string of the molecule is CN(C)[C@H]1c2ccccc2[C@@H]2CN(CC3CC3)C[C@@H]21. The molecular weight excluding hydrogens is 232 g/mol. The molecule has 1 aliphatic heterocycles. The Morgan fingerprint density at radius 3 is 2.53 bits per heavy atom. The van der Waals surface area contributed by atoms with Gasteiger partial charge in [-0.05, 0) is 49.9 Å². The van der Waals surface area contributed by atoms with Crippen molar-refractivity contribution in [2.24, 2.45) is 11.8 Å². The molecule has 19 heavy (non-hydrogen) atoms. The van der Waals surface area contributed by atoms with Crippen molar-refractivity contribution in [3.8, 4) is 0 Å². The first-order chi connectivity index (χ1) is 9.24. The van der Waals surface area contributed by atoms with Gasteiger partial charge in [-0.15, -0.1) is 0 Å². The fourth-order valence-corrected chi connectivity index (χ4v) is 4.39. The van der Waals surface area contributed by atoms with Crippen LogP contribution < -0.4 is 0 Å². The fourth-order valence-electron chi connectivity index (χ4n) is 4.39. The van der Waals surface area contributed by atoms with Gasteiger partial charge in [0.1, 0.15) is 0 Å². The number of likely N-dealkylation sites (tertiary alicyclic amines) is 1. The Morgan fingerprint density at radius 1 is 1.11 bits per heavy atom. The third-order valence-corrected chi connectivity index (χ3v) is 5.33. The van der Waals surface area contributed by atoms with Gasteiger partial charge < -0.3 is 9.80 Å². The molecule has 0 N–H and O–H groups in total. The van der Waals surface area contributed by atoms with Crippen molar-refractivity contribution in [2.75, 3.05) is 33.7 Å². The third-order valence-electron chi connectivity index (χ3n) is 5.33. The molecule has 2 heteroatoms. The van der Waals surface area contributed by atoms with Crippen LogP contribution in [-0.2, 0) is 0 Å². The monoisotopic (exact) mass is 256 g/mol. The standard InChI is InChI=1S/C17H24N2/c1-18(2)17-14-6-4-3-5-13(14)15-10-19(11-16(15)17)9-12-7-8-12/h3-6,12,15-17H,7-11H2,1-2H3/t15-,16-,17-/m0/s1. The first-order valence-electron chi connectivity index (χ1n) is 7.71. The third kappa shape index (κ3) is 1.93. The molecule has 1 saturated carbocycles. The largest absolute Gasteiger partial charge is 0.302 e. The molecule has 1 saturated heterocycles. The molecule has 1 heterocycles. The van der Waals surface area contributed by atoms with Crippen LogP contribution in [-0.4, -0.2) is 43.5 Å². The summed E-state index contributed by atoms with van der Waals surface area (Å²) in [5.74, 6) is 2.61. The van der Waals surface area contributed by atoms with E-state index >= 15 is 0 Å². The number of nitrogens with zero attached hydrogens (tertiary/aromatic N) is 2. The Morgan fingerprint density at radius 2 is 1.84 bits per heavy atom. The van der Waals surface area contributed by atoms with Gasteiger partial charge >= 0.3 is 0 Å². The second kappa shape index (κ2) is 4.32. The smallest absolute Gasteiger partial charge is 0.0391 e. The van der Waals surface area contributed by atoms with E-state index < -0.39 is 0 Å². The second-order valence-corrected chi connectivity index (χ2v) is 6.97. The van der Waals surface area contributed by atoms with E-state index in [-0.39, 0.29) is 0 Å². The number of benzene rings is 1. The number of hydrogen-bond acceptors (Lipinski definition) is 2. The molecule has 1 aromatic carbocycles. The fraction of sp³-hybridized carbons (Fsp3) is 0.647. The van der Waals surface area contributed by atoms with Gasteiger partial charge in [0, 0.05) is 31.6 Å². The minimum Gasteiger partial charge on any atom is -0.302 e. The lowest BCUT2D eigenvalue weighted by molar-refractivity contribution is 0.212. The van der Waals surface area contributed by atoms with Crippen LogP contribution in [0.5, 0.6) is 0 Å². The van der Waals surface area contributed by atoms with E-state index in [4.69, 9.17) is 0 Å². The highest BCUT2D eigenvalue weighted by molar-refractivity contribution is 5.41. The Kier molecular flexibility index (Phi) is 2.71. The summed E-state index contributed by atoms with van der Waals surface area (Å²) in [6.07, 6.45) is 2.94. The van der Waals surface area contributed by atoms with E-state index in [2.05, 4.69) is 48.2 Å². The van der Waals surface area contributed by atoms with Gasteiger partial charge in [-0.3, -0.25) is 0 Å². The molecule has 102 valence electrons. The minimum absolute atomic E-state index is 0.630. The van der Waals surface area contributed by atoms with Gasteiger partial charge in [-0.25, -0.2) is 0 Å². The lowest BCUT2D eigenvalue weighted by Gasteiger charge is -2.27. The van der Waals surface area contributed by atoms with E-state index in [1.54, 1.807) is 11.1 Å². The van der Waals surface area contributed by atoms with Crippen molar-refractivity contribution in [2.45, 2.75) is 24.8 Å². The Hall–Kier alpha value is -0.860. The normalized spacial score (nSPS) is 33.7. The molecule has 0 aromatic heterocycles. The zero-order chi connectivity index (χ0) is 13.0. The van der Waals surface area contributed by atoms with Gasteiger partial charge in [0.2, 0.25) is 0 Å². The molecule has 3 atom stereocenters. The highest BCUT2D eigenvalue weighted by Gasteiger charge is 2.47. The van der Waals surface area contributed by atoms with E-state index in [0.29, 0.717) is 6.04 Å². The molecule has 2 fully saturated rings. The maximum Gasteiger partial charge on any atom is 0.0391 e. The molecule has 0 radical (unpaired) electrons. The summed E-state index contributed by atoms with van der Waals surface area (Å²) in [5.41, 5.74) is 3.22. The summed E-state index contributed by atoms with van der Waals surface area (Å²) in [4.78, 5) is 5.17. The van der Waals surface area contributed by atoms with E-state index in [1.165, 1.54) is 32.5 Å². The lowest BCUT2D eigenvalue weighted by atomic mass is 9.94. The molecule has 2 aliphatic carbocycles. The minimum atomic E-state index is 0.630. The van der Waals surface area contributed by atoms with Gasteiger partial charge in [0.25, 0.3) is 0 Å². The zero-order valence-corrected chi connectivity index (χ0v) is 12.0. The van der Waals surface area contributed by atoms with Crippen LogP contribution >= 0.6 is 0 Å². The number of hydrogen-bond donors (Lipinski definition) is 0. The topological polar surface area (TPSA) is 6.48 Å². The molecule has 4 rings (SSSR count). The highest BCUT2D eigenvalue weighted by Crippen LogP contribution is 2.51. The maximum atomic E-state index is 2.74. The van der Waals surface area contributed by atoms with Crippen LogP contribution in [0.1, 0.15) is 35.9 Å². The van der Waals surface area contributed by atoms with Crippen LogP contribution in [0.4, 0.5) is 0 Å². The average Bonchev–Trinajstić information content (AvgIpc) is 3.00. The van der Waals surface area contributed by atoms with Crippen LogP contribution in [0.25, 0.3) is 0 Å². The molecular formula is C17H24N2. The predicted molar refractivity (Wildman–Crippen MR) is 78.3 cm³/mol. The first kappa shape index (κ1) is 11.9. The van der Waals surface area contributed by atoms with Crippen molar-refractivity contribution < 1.29 is 0 Å². The van der Waals surface area contributed by atoms with Crippen LogP contribution in [0.2, 0.25) is 0 Å². The first-order valence-corrected chi connectivity index (χ1v) is 7.71. The van der Waals surface area contributed by atoms with Gasteiger partial charge in [0.05, 0.1) is 0 Å². The molecule has 3 aliphatic rings. The Labute approximate surface area is 116 Å². The van der Waals surface area contributed by atoms with Crippen molar-refractivity contribution in [3.63, 3.8) is 0 Å². The summed E-state index contributed by atoms with van der Waals surface area (Å²) in [7, 11) is 4.49. The van der Waals surface area contributed by atoms with E-state index in [0.717, 1.165) is 17.8 Å². The van der Waals surface area contributed by atoms with Crippen LogP contribution in [0.3, 0.4) is 0 Å². The summed E-state index contributed by atoms with van der Waals surface area (Å²) < 4.78 is 0. The summed E-state index contributed by atoms with van der Waals surface area (Å²) in [5, 5.41) is 0. The van der Waals surface area contributed by atoms with Gasteiger partial charge in [-0.2, -0.15) is 0 Å². The van der Waals surface area contributed by atoms with Gasteiger partial charge in [0.15, 0.2) is 0 Å². The molecule has 2 nitrogen and oxygen atoms in total. The quantitative estimate of drug-likeness (QED) is 0.820. The van der Waals surface area contributed by atoms with E-state index in [1.807, 2.05) is 0 Å². The molecule has 0 amide bonds. The Bertz CT molecular complexity index is 478. The molecule has 0 bridgehead atoms. The van der Waals surface area contributed by atoms with Crippen molar-refractivity contribution >= 4 is 0 Å². The molecule has 0 unspecified atom stereocenters. The summed E-state index contributed by atoms with van der Waals surface area (Å²) >= 11 is 0.